The molecule has 25 heavy (non-hydrogen) atoms. The Bertz CT molecular complexity index is 583. The standard InChI is InChI=1S/C16H19F3N2O3.ClH/c17-16(18,19)24-14-3-1-11(2-4-14)10-23-15(22)21-6-5-12-7-20-8-13(12)9-21;/h1-4,12-13,20H,5-10H2;1H. The summed E-state index contributed by atoms with van der Waals surface area (Å²) in [6, 6.07) is 5.29. The van der Waals surface area contributed by atoms with E-state index in [1.165, 1.54) is 24.3 Å². The molecule has 2 aliphatic heterocycles. The average molecular weight is 381 g/mol. The van der Waals surface area contributed by atoms with Gasteiger partial charge in [-0.3, -0.25) is 0 Å². The Morgan fingerprint density at radius 1 is 1.20 bits per heavy atom. The van der Waals surface area contributed by atoms with Crippen LogP contribution in [0.25, 0.3) is 0 Å². The summed E-state index contributed by atoms with van der Waals surface area (Å²) in [6.07, 6.45) is -4.12. The van der Waals surface area contributed by atoms with Crippen molar-refractivity contribution in [3.05, 3.63) is 29.8 Å². The van der Waals surface area contributed by atoms with E-state index in [0.29, 0.717) is 30.5 Å². The summed E-state index contributed by atoms with van der Waals surface area (Å²) in [5.41, 5.74) is 0.607. The molecule has 0 bridgehead atoms. The predicted molar refractivity (Wildman–Crippen MR) is 86.6 cm³/mol. The van der Waals surface area contributed by atoms with Crippen LogP contribution in [0.3, 0.4) is 0 Å². The molecule has 9 heteroatoms. The Morgan fingerprint density at radius 2 is 1.88 bits per heavy atom. The van der Waals surface area contributed by atoms with E-state index in [2.05, 4.69) is 10.1 Å². The van der Waals surface area contributed by atoms with Crippen molar-refractivity contribution in [1.82, 2.24) is 10.2 Å². The van der Waals surface area contributed by atoms with Crippen LogP contribution in [0.4, 0.5) is 18.0 Å². The Labute approximate surface area is 149 Å². The average Bonchev–Trinajstić information content (AvgIpc) is 3.00. The fourth-order valence-corrected chi connectivity index (χ4v) is 3.22. The largest absolute Gasteiger partial charge is 0.573 e. The third-order valence-electron chi connectivity index (χ3n) is 4.48. The molecule has 1 aromatic carbocycles. The van der Waals surface area contributed by atoms with E-state index in [1.807, 2.05) is 0 Å². The number of hydrogen-bond donors (Lipinski definition) is 1. The van der Waals surface area contributed by atoms with E-state index in [0.717, 1.165) is 19.5 Å². The van der Waals surface area contributed by atoms with Gasteiger partial charge in [0.05, 0.1) is 0 Å². The van der Waals surface area contributed by atoms with E-state index >= 15 is 0 Å². The van der Waals surface area contributed by atoms with Crippen LogP contribution in [0.1, 0.15) is 12.0 Å². The van der Waals surface area contributed by atoms with Crippen molar-refractivity contribution in [2.45, 2.75) is 19.4 Å². The van der Waals surface area contributed by atoms with Crippen molar-refractivity contribution in [3.8, 4) is 5.75 Å². The number of nitrogens with zero attached hydrogens (tertiary/aromatic N) is 1. The first-order valence-corrected chi connectivity index (χ1v) is 7.88. The lowest BCUT2D eigenvalue weighted by Gasteiger charge is -2.33. The van der Waals surface area contributed by atoms with Gasteiger partial charge >= 0.3 is 12.5 Å². The van der Waals surface area contributed by atoms with Crippen LogP contribution < -0.4 is 10.1 Å². The zero-order valence-corrected chi connectivity index (χ0v) is 14.2. The first-order valence-electron chi connectivity index (χ1n) is 7.88. The molecule has 0 spiro atoms. The van der Waals surface area contributed by atoms with Crippen LogP contribution in [0, 0.1) is 11.8 Å². The van der Waals surface area contributed by atoms with Gasteiger partial charge in [0.1, 0.15) is 12.4 Å². The predicted octanol–water partition coefficient (Wildman–Crippen LogP) is 3.18. The second kappa shape index (κ2) is 8.14. The molecule has 140 valence electrons. The van der Waals surface area contributed by atoms with E-state index in [4.69, 9.17) is 4.74 Å². The topological polar surface area (TPSA) is 50.8 Å². The van der Waals surface area contributed by atoms with E-state index in [1.54, 1.807) is 4.90 Å². The molecular formula is C16H20ClF3N2O3. The lowest BCUT2D eigenvalue weighted by atomic mass is 9.89. The quantitative estimate of drug-likeness (QED) is 0.875. The van der Waals surface area contributed by atoms with Crippen LogP contribution in [-0.4, -0.2) is 43.5 Å². The minimum atomic E-state index is -4.71. The number of fused-ring (bicyclic) bond motifs is 1. The molecule has 1 N–H and O–H groups in total. The van der Waals surface area contributed by atoms with Crippen LogP contribution in [-0.2, 0) is 11.3 Å². The van der Waals surface area contributed by atoms with Gasteiger partial charge in [-0.05, 0) is 49.0 Å². The van der Waals surface area contributed by atoms with Gasteiger partial charge < -0.3 is 19.7 Å². The Balaban J connectivity index is 0.00000225. The Morgan fingerprint density at radius 3 is 2.56 bits per heavy atom. The zero-order valence-electron chi connectivity index (χ0n) is 13.4. The fraction of sp³-hybridized carbons (Fsp3) is 0.562. The van der Waals surface area contributed by atoms with Crippen molar-refractivity contribution < 1.29 is 27.4 Å². The molecule has 0 saturated carbocycles. The smallest absolute Gasteiger partial charge is 0.445 e. The number of carbonyl (C=O) groups is 1. The number of likely N-dealkylation sites (tertiary alicyclic amines) is 1. The van der Waals surface area contributed by atoms with Gasteiger partial charge in [-0.1, -0.05) is 12.1 Å². The monoisotopic (exact) mass is 380 g/mol. The van der Waals surface area contributed by atoms with Crippen molar-refractivity contribution in [2.75, 3.05) is 26.2 Å². The van der Waals surface area contributed by atoms with Crippen LogP contribution in [0.5, 0.6) is 5.75 Å². The van der Waals surface area contributed by atoms with Crippen LogP contribution >= 0.6 is 12.4 Å². The summed E-state index contributed by atoms with van der Waals surface area (Å²) < 4.78 is 45.3. The second-order valence-electron chi connectivity index (χ2n) is 6.16. The molecule has 2 atom stereocenters. The molecule has 2 aliphatic rings. The van der Waals surface area contributed by atoms with Crippen molar-refractivity contribution in [2.24, 2.45) is 11.8 Å². The molecule has 5 nitrogen and oxygen atoms in total. The van der Waals surface area contributed by atoms with Gasteiger partial charge in [0, 0.05) is 13.1 Å². The molecular weight excluding hydrogens is 361 g/mol. The molecule has 0 aromatic heterocycles. The highest BCUT2D eigenvalue weighted by Gasteiger charge is 2.35. The SMILES string of the molecule is Cl.O=C(OCc1ccc(OC(F)(F)F)cc1)N1CCC2CNCC2C1. The summed E-state index contributed by atoms with van der Waals surface area (Å²) in [6.45, 7) is 3.33. The number of piperidine rings is 1. The highest BCUT2D eigenvalue weighted by atomic mass is 35.5. The van der Waals surface area contributed by atoms with Gasteiger partial charge in [0.2, 0.25) is 0 Å². The number of nitrogens with one attached hydrogen (secondary N) is 1. The zero-order chi connectivity index (χ0) is 17.2. The minimum absolute atomic E-state index is 0. The fourth-order valence-electron chi connectivity index (χ4n) is 3.22. The number of alkyl halides is 3. The summed E-state index contributed by atoms with van der Waals surface area (Å²) in [5, 5.41) is 3.33. The molecule has 2 fully saturated rings. The lowest BCUT2D eigenvalue weighted by molar-refractivity contribution is -0.274. The van der Waals surface area contributed by atoms with E-state index < -0.39 is 6.36 Å². The molecule has 3 rings (SSSR count). The van der Waals surface area contributed by atoms with Gasteiger partial charge in [-0.2, -0.15) is 0 Å². The molecule has 0 radical (unpaired) electrons. The maximum atomic E-state index is 12.1. The Hall–Kier alpha value is -1.67. The second-order valence-corrected chi connectivity index (χ2v) is 6.16. The number of amides is 1. The number of rotatable bonds is 3. The van der Waals surface area contributed by atoms with Crippen LogP contribution in [0.2, 0.25) is 0 Å². The number of benzene rings is 1. The lowest BCUT2D eigenvalue weighted by Crippen LogP contribution is -2.43. The third-order valence-corrected chi connectivity index (χ3v) is 4.48. The van der Waals surface area contributed by atoms with Gasteiger partial charge in [0.25, 0.3) is 0 Å². The summed E-state index contributed by atoms with van der Waals surface area (Å²) in [7, 11) is 0. The highest BCUT2D eigenvalue weighted by molar-refractivity contribution is 5.85. The van der Waals surface area contributed by atoms with Gasteiger partial charge in [0.15, 0.2) is 0 Å². The molecule has 2 unspecified atom stereocenters. The number of carbonyl (C=O) groups excluding carboxylic acids is 1. The van der Waals surface area contributed by atoms with Crippen molar-refractivity contribution >= 4 is 18.5 Å². The first kappa shape index (κ1) is 19.7. The number of halogens is 4. The molecule has 0 aliphatic carbocycles. The molecule has 1 amide bonds. The minimum Gasteiger partial charge on any atom is -0.445 e. The van der Waals surface area contributed by atoms with Crippen molar-refractivity contribution in [3.63, 3.8) is 0 Å². The van der Waals surface area contributed by atoms with E-state index in [9.17, 15) is 18.0 Å². The third kappa shape index (κ3) is 5.40. The van der Waals surface area contributed by atoms with Crippen LogP contribution in [0.15, 0.2) is 24.3 Å². The Kier molecular flexibility index (Phi) is 6.40. The summed E-state index contributed by atoms with van der Waals surface area (Å²) in [4.78, 5) is 13.8. The number of hydrogen-bond acceptors (Lipinski definition) is 4. The van der Waals surface area contributed by atoms with Crippen molar-refractivity contribution in [1.29, 1.82) is 0 Å². The van der Waals surface area contributed by atoms with Gasteiger partial charge in [-0.25, -0.2) is 4.79 Å². The maximum Gasteiger partial charge on any atom is 0.573 e. The normalized spacial score (nSPS) is 22.8. The molecule has 2 saturated heterocycles. The number of ether oxygens (including phenoxy) is 2. The maximum absolute atomic E-state index is 12.1. The summed E-state index contributed by atoms with van der Waals surface area (Å²) in [5.74, 6) is 0.814. The first-order chi connectivity index (χ1) is 11.4. The van der Waals surface area contributed by atoms with E-state index in [-0.39, 0.29) is 30.9 Å². The molecule has 2 heterocycles. The van der Waals surface area contributed by atoms with Gasteiger partial charge in [-0.15, -0.1) is 25.6 Å². The summed E-state index contributed by atoms with van der Waals surface area (Å²) >= 11 is 0. The highest BCUT2D eigenvalue weighted by Crippen LogP contribution is 2.27. The molecule has 1 aromatic rings.